The number of halogens is 1. The Kier molecular flexibility index (Phi) is 4.57. The maximum atomic E-state index is 12.0. The van der Waals surface area contributed by atoms with Gasteiger partial charge in [0.2, 0.25) is 5.89 Å². The average molecular weight is 372 g/mol. The fraction of sp³-hybridized carbons (Fsp3) is 0.111. The van der Waals surface area contributed by atoms with Crippen molar-refractivity contribution in [3.05, 3.63) is 70.5 Å². The number of carbonyl (C=O) groups is 1. The van der Waals surface area contributed by atoms with Crippen molar-refractivity contribution in [2.45, 2.75) is 13.3 Å². The summed E-state index contributed by atoms with van der Waals surface area (Å²) in [6.45, 7) is 1.79. The van der Waals surface area contributed by atoms with Gasteiger partial charge in [-0.3, -0.25) is 4.79 Å². The Hall–Kier alpha value is -2.40. The number of hydrogen-bond acceptors (Lipinski definition) is 4. The highest BCUT2D eigenvalue weighted by atomic mass is 79.9. The maximum absolute atomic E-state index is 12.0. The first-order valence-electron chi connectivity index (χ1n) is 7.10. The van der Waals surface area contributed by atoms with E-state index in [0.29, 0.717) is 23.1 Å². The van der Waals surface area contributed by atoms with Gasteiger partial charge < -0.3 is 9.15 Å². The van der Waals surface area contributed by atoms with Crippen molar-refractivity contribution in [3.8, 4) is 17.2 Å². The molecule has 2 aromatic carbocycles. The monoisotopic (exact) mass is 371 g/mol. The van der Waals surface area contributed by atoms with Crippen molar-refractivity contribution in [2.24, 2.45) is 0 Å². The topological polar surface area (TPSA) is 52.3 Å². The Bertz CT molecular complexity index is 810. The molecule has 0 amide bonds. The zero-order chi connectivity index (χ0) is 16.2. The molecule has 4 nitrogen and oxygen atoms in total. The second-order valence-electron chi connectivity index (χ2n) is 4.99. The number of hydrogen-bond donors (Lipinski definition) is 0. The summed E-state index contributed by atoms with van der Waals surface area (Å²) in [5, 5.41) is 0. The molecule has 0 N–H and O–H groups in total. The molecule has 0 spiro atoms. The molecule has 0 bridgehead atoms. The van der Waals surface area contributed by atoms with Gasteiger partial charge in [-0.05, 0) is 43.3 Å². The third-order valence-electron chi connectivity index (χ3n) is 3.27. The predicted octanol–water partition coefficient (Wildman–Crippen LogP) is 4.56. The second-order valence-corrected chi connectivity index (χ2v) is 5.91. The zero-order valence-corrected chi connectivity index (χ0v) is 14.0. The summed E-state index contributed by atoms with van der Waals surface area (Å²) in [6, 6.07) is 16.7. The molecule has 0 fully saturated rings. The summed E-state index contributed by atoms with van der Waals surface area (Å²) >= 11 is 3.34. The largest absolute Gasteiger partial charge is 0.441 e. The third kappa shape index (κ3) is 3.87. The summed E-state index contributed by atoms with van der Waals surface area (Å²) in [5.74, 6) is 1.26. The Balaban J connectivity index is 1.71. The highest BCUT2D eigenvalue weighted by molar-refractivity contribution is 9.10. The lowest BCUT2D eigenvalue weighted by atomic mass is 10.2. The van der Waals surface area contributed by atoms with Gasteiger partial charge in [0.25, 0.3) is 0 Å². The Morgan fingerprint density at radius 3 is 2.52 bits per heavy atom. The van der Waals surface area contributed by atoms with E-state index < -0.39 is 0 Å². The van der Waals surface area contributed by atoms with Crippen LogP contribution in [0, 0.1) is 6.92 Å². The number of aromatic nitrogens is 1. The van der Waals surface area contributed by atoms with E-state index in [2.05, 4.69) is 20.9 Å². The number of benzene rings is 2. The molecule has 0 aliphatic carbocycles. The summed E-state index contributed by atoms with van der Waals surface area (Å²) in [5.41, 5.74) is 1.47. The maximum Gasteiger partial charge on any atom is 0.317 e. The Morgan fingerprint density at radius 1 is 1.13 bits per heavy atom. The smallest absolute Gasteiger partial charge is 0.317 e. The van der Waals surface area contributed by atoms with Crippen LogP contribution in [0.15, 0.2) is 63.5 Å². The predicted molar refractivity (Wildman–Crippen MR) is 90.2 cm³/mol. The van der Waals surface area contributed by atoms with E-state index in [1.807, 2.05) is 42.5 Å². The van der Waals surface area contributed by atoms with Gasteiger partial charge in [0.1, 0.15) is 11.5 Å². The number of ether oxygens (including phenoxy) is 1. The van der Waals surface area contributed by atoms with Crippen LogP contribution >= 0.6 is 15.9 Å². The standard InChI is InChI=1S/C18H14BrNO3/c1-12-16(20-18(22-12)13-5-3-2-4-6-13)11-17(21)23-15-9-7-14(19)8-10-15/h2-10H,11H2,1H3. The van der Waals surface area contributed by atoms with Crippen LogP contribution in [0.3, 0.4) is 0 Å². The van der Waals surface area contributed by atoms with Gasteiger partial charge in [0.05, 0.1) is 12.1 Å². The molecule has 0 saturated carbocycles. The van der Waals surface area contributed by atoms with Gasteiger partial charge in [-0.1, -0.05) is 34.1 Å². The van der Waals surface area contributed by atoms with E-state index in [1.54, 1.807) is 19.1 Å². The van der Waals surface area contributed by atoms with Crippen molar-refractivity contribution >= 4 is 21.9 Å². The summed E-state index contributed by atoms with van der Waals surface area (Å²) in [7, 11) is 0. The van der Waals surface area contributed by atoms with Gasteiger partial charge in [0.15, 0.2) is 0 Å². The van der Waals surface area contributed by atoms with Crippen LogP contribution in [-0.4, -0.2) is 11.0 Å². The number of carbonyl (C=O) groups excluding carboxylic acids is 1. The Labute approximate surface area is 142 Å². The quantitative estimate of drug-likeness (QED) is 0.498. The molecular formula is C18H14BrNO3. The number of nitrogens with zero attached hydrogens (tertiary/aromatic N) is 1. The van der Waals surface area contributed by atoms with Crippen LogP contribution in [-0.2, 0) is 11.2 Å². The highest BCUT2D eigenvalue weighted by Crippen LogP contribution is 2.22. The molecular weight excluding hydrogens is 358 g/mol. The van der Waals surface area contributed by atoms with Crippen molar-refractivity contribution in [1.29, 1.82) is 0 Å². The first-order chi connectivity index (χ1) is 11.1. The third-order valence-corrected chi connectivity index (χ3v) is 3.80. The van der Waals surface area contributed by atoms with Gasteiger partial charge in [-0.15, -0.1) is 0 Å². The van der Waals surface area contributed by atoms with Gasteiger partial charge in [-0.25, -0.2) is 4.98 Å². The van der Waals surface area contributed by atoms with E-state index in [4.69, 9.17) is 9.15 Å². The first-order valence-corrected chi connectivity index (χ1v) is 7.89. The van der Waals surface area contributed by atoms with E-state index in [0.717, 1.165) is 10.0 Å². The van der Waals surface area contributed by atoms with E-state index in [9.17, 15) is 4.79 Å². The van der Waals surface area contributed by atoms with Gasteiger partial charge >= 0.3 is 5.97 Å². The molecule has 0 radical (unpaired) electrons. The minimum Gasteiger partial charge on any atom is -0.441 e. The number of esters is 1. The van der Waals surface area contributed by atoms with Crippen LogP contribution in [0.2, 0.25) is 0 Å². The molecule has 0 unspecified atom stereocenters. The van der Waals surface area contributed by atoms with Gasteiger partial charge in [0, 0.05) is 10.0 Å². The first kappa shape index (κ1) is 15.5. The molecule has 0 saturated heterocycles. The zero-order valence-electron chi connectivity index (χ0n) is 12.5. The molecule has 0 aliphatic heterocycles. The fourth-order valence-corrected chi connectivity index (χ4v) is 2.37. The minimum atomic E-state index is -0.372. The number of aryl methyl sites for hydroxylation is 1. The lowest BCUT2D eigenvalue weighted by Gasteiger charge is -2.03. The average Bonchev–Trinajstić information content (AvgIpc) is 2.91. The minimum absolute atomic E-state index is 0.0677. The summed E-state index contributed by atoms with van der Waals surface area (Å²) in [6.07, 6.45) is 0.0677. The van der Waals surface area contributed by atoms with E-state index in [1.165, 1.54) is 0 Å². The molecule has 116 valence electrons. The van der Waals surface area contributed by atoms with Crippen LogP contribution in [0.25, 0.3) is 11.5 Å². The van der Waals surface area contributed by atoms with Crippen molar-refractivity contribution < 1.29 is 13.9 Å². The second kappa shape index (κ2) is 6.79. The van der Waals surface area contributed by atoms with Crippen LogP contribution in [0.5, 0.6) is 5.75 Å². The molecule has 5 heteroatoms. The van der Waals surface area contributed by atoms with Crippen LogP contribution in [0.1, 0.15) is 11.5 Å². The van der Waals surface area contributed by atoms with Crippen LogP contribution < -0.4 is 4.74 Å². The number of oxazole rings is 1. The SMILES string of the molecule is Cc1oc(-c2ccccc2)nc1CC(=O)Oc1ccc(Br)cc1. The molecule has 23 heavy (non-hydrogen) atoms. The van der Waals surface area contributed by atoms with Crippen LogP contribution in [0.4, 0.5) is 0 Å². The Morgan fingerprint density at radius 2 is 1.83 bits per heavy atom. The summed E-state index contributed by atoms with van der Waals surface area (Å²) in [4.78, 5) is 16.4. The van der Waals surface area contributed by atoms with E-state index >= 15 is 0 Å². The fourth-order valence-electron chi connectivity index (χ4n) is 2.10. The van der Waals surface area contributed by atoms with Crippen molar-refractivity contribution in [2.75, 3.05) is 0 Å². The van der Waals surface area contributed by atoms with Gasteiger partial charge in [-0.2, -0.15) is 0 Å². The molecule has 1 aromatic heterocycles. The van der Waals surface area contributed by atoms with E-state index in [-0.39, 0.29) is 12.4 Å². The van der Waals surface area contributed by atoms with Crippen molar-refractivity contribution in [1.82, 2.24) is 4.98 Å². The van der Waals surface area contributed by atoms with Crippen molar-refractivity contribution in [3.63, 3.8) is 0 Å². The summed E-state index contributed by atoms with van der Waals surface area (Å²) < 4.78 is 11.9. The normalized spacial score (nSPS) is 10.5. The number of rotatable bonds is 4. The lowest BCUT2D eigenvalue weighted by molar-refractivity contribution is -0.133. The molecule has 0 atom stereocenters. The molecule has 3 rings (SSSR count). The molecule has 1 heterocycles. The molecule has 3 aromatic rings. The molecule has 0 aliphatic rings. The lowest BCUT2D eigenvalue weighted by Crippen LogP contribution is -2.12. The highest BCUT2D eigenvalue weighted by Gasteiger charge is 2.16.